The van der Waals surface area contributed by atoms with Crippen molar-refractivity contribution < 1.29 is 14.3 Å². The van der Waals surface area contributed by atoms with E-state index in [2.05, 4.69) is 0 Å². The number of halogens is 2. The number of carbonyl (C=O) groups is 2. The molecule has 0 bridgehead atoms. The summed E-state index contributed by atoms with van der Waals surface area (Å²) in [5.41, 5.74) is 1.80. The first-order valence-corrected chi connectivity index (χ1v) is 6.71. The van der Waals surface area contributed by atoms with Crippen LogP contribution in [0.25, 0.3) is 0 Å². The molecule has 20 heavy (non-hydrogen) atoms. The molecule has 2 rings (SSSR count). The molecule has 0 spiro atoms. The van der Waals surface area contributed by atoms with Gasteiger partial charge in [0.15, 0.2) is 0 Å². The van der Waals surface area contributed by atoms with Crippen molar-refractivity contribution in [2.45, 2.75) is 27.0 Å². The lowest BCUT2D eigenvalue weighted by atomic mass is 10.2. The summed E-state index contributed by atoms with van der Waals surface area (Å²) in [4.78, 5) is 24.9. The third-order valence-electron chi connectivity index (χ3n) is 3.19. The van der Waals surface area contributed by atoms with E-state index in [0.29, 0.717) is 26.9 Å². The van der Waals surface area contributed by atoms with Crippen LogP contribution in [0, 0.1) is 0 Å². The van der Waals surface area contributed by atoms with E-state index in [9.17, 15) is 9.59 Å². The number of nitrogens with zero attached hydrogens (tertiary/aromatic N) is 1. The zero-order chi connectivity index (χ0) is 15.0. The van der Waals surface area contributed by atoms with Gasteiger partial charge in [-0.05, 0) is 37.6 Å². The Labute approximate surface area is 126 Å². The maximum atomic E-state index is 12.3. The number of esters is 1. The largest absolute Gasteiger partial charge is 0.437 e. The van der Waals surface area contributed by atoms with Gasteiger partial charge < -0.3 is 4.74 Å². The van der Waals surface area contributed by atoms with Crippen molar-refractivity contribution in [1.29, 1.82) is 0 Å². The van der Waals surface area contributed by atoms with E-state index in [4.69, 9.17) is 27.9 Å². The summed E-state index contributed by atoms with van der Waals surface area (Å²) in [5, 5.41) is 0.730. The van der Waals surface area contributed by atoms with Crippen molar-refractivity contribution in [2.24, 2.45) is 0 Å². The molecule has 1 aliphatic heterocycles. The van der Waals surface area contributed by atoms with Crippen LogP contribution in [0.4, 0.5) is 5.69 Å². The Morgan fingerprint density at radius 2 is 1.90 bits per heavy atom. The van der Waals surface area contributed by atoms with E-state index in [-0.39, 0.29) is 5.91 Å². The van der Waals surface area contributed by atoms with Gasteiger partial charge in [0, 0.05) is 18.2 Å². The lowest BCUT2D eigenvalue weighted by Crippen LogP contribution is -2.38. The summed E-state index contributed by atoms with van der Waals surface area (Å²) in [5.74, 6) is -0.672. The molecule has 0 N–H and O–H groups in total. The Kier molecular flexibility index (Phi) is 4.06. The van der Waals surface area contributed by atoms with Gasteiger partial charge in [0.05, 0.1) is 10.0 Å². The summed E-state index contributed by atoms with van der Waals surface area (Å²) >= 11 is 11.8. The van der Waals surface area contributed by atoms with Crippen LogP contribution in [0.5, 0.6) is 0 Å². The van der Waals surface area contributed by atoms with Gasteiger partial charge in [0.1, 0.15) is 0 Å². The monoisotopic (exact) mass is 313 g/mol. The van der Waals surface area contributed by atoms with Crippen molar-refractivity contribution in [3.8, 4) is 0 Å². The second-order valence-corrected chi connectivity index (χ2v) is 5.36. The van der Waals surface area contributed by atoms with E-state index in [1.807, 2.05) is 0 Å². The van der Waals surface area contributed by atoms with E-state index < -0.39 is 12.2 Å². The molecule has 1 aliphatic rings. The molecule has 0 aromatic heterocycles. The Morgan fingerprint density at radius 1 is 1.25 bits per heavy atom. The number of anilines is 1. The highest BCUT2D eigenvalue weighted by molar-refractivity contribution is 6.42. The van der Waals surface area contributed by atoms with Crippen LogP contribution in [-0.4, -0.2) is 18.1 Å². The zero-order valence-corrected chi connectivity index (χ0v) is 12.7. The van der Waals surface area contributed by atoms with Crippen LogP contribution in [-0.2, 0) is 14.3 Å². The highest BCUT2D eigenvalue weighted by Gasteiger charge is 2.38. The lowest BCUT2D eigenvalue weighted by Gasteiger charge is -2.26. The van der Waals surface area contributed by atoms with Gasteiger partial charge in [-0.25, -0.2) is 0 Å². The fraction of sp³-hybridized carbons (Fsp3) is 0.286. The Balaban J connectivity index is 2.45. The predicted molar refractivity (Wildman–Crippen MR) is 77.9 cm³/mol. The number of hydrogen-bond acceptors (Lipinski definition) is 3. The van der Waals surface area contributed by atoms with Crippen LogP contribution >= 0.6 is 23.2 Å². The molecule has 1 amide bonds. The topological polar surface area (TPSA) is 46.6 Å². The summed E-state index contributed by atoms with van der Waals surface area (Å²) in [7, 11) is 0. The molecule has 1 unspecified atom stereocenters. The minimum Gasteiger partial charge on any atom is -0.437 e. The maximum absolute atomic E-state index is 12.3. The van der Waals surface area contributed by atoms with Gasteiger partial charge in [0.2, 0.25) is 6.23 Å². The number of hydrogen-bond donors (Lipinski definition) is 0. The normalized spacial score (nSPS) is 18.8. The van der Waals surface area contributed by atoms with E-state index in [1.54, 1.807) is 32.0 Å². The number of ether oxygens (including phenoxy) is 1. The minimum atomic E-state index is -0.739. The first-order chi connectivity index (χ1) is 9.32. The van der Waals surface area contributed by atoms with Gasteiger partial charge in [-0.3, -0.25) is 14.5 Å². The highest BCUT2D eigenvalue weighted by Crippen LogP contribution is 2.34. The predicted octanol–water partition coefficient (Wildman–Crippen LogP) is 3.57. The van der Waals surface area contributed by atoms with Gasteiger partial charge in [-0.1, -0.05) is 23.2 Å². The van der Waals surface area contributed by atoms with E-state index >= 15 is 0 Å². The Morgan fingerprint density at radius 3 is 2.45 bits per heavy atom. The van der Waals surface area contributed by atoms with Crippen LogP contribution < -0.4 is 4.90 Å². The van der Waals surface area contributed by atoms with Gasteiger partial charge >= 0.3 is 5.97 Å². The smallest absolute Gasteiger partial charge is 0.304 e. The molecule has 106 valence electrons. The second kappa shape index (κ2) is 5.46. The fourth-order valence-corrected chi connectivity index (χ4v) is 2.31. The third-order valence-corrected chi connectivity index (χ3v) is 3.93. The number of carbonyl (C=O) groups excluding carboxylic acids is 2. The first kappa shape index (κ1) is 14.9. The van der Waals surface area contributed by atoms with Crippen molar-refractivity contribution in [2.75, 3.05) is 4.90 Å². The molecule has 0 aliphatic carbocycles. The number of amides is 1. The molecule has 0 fully saturated rings. The van der Waals surface area contributed by atoms with Crippen LogP contribution in [0.2, 0.25) is 10.0 Å². The van der Waals surface area contributed by atoms with Crippen molar-refractivity contribution >= 4 is 40.8 Å². The third kappa shape index (κ3) is 2.53. The molecular weight excluding hydrogens is 301 g/mol. The molecule has 1 aromatic carbocycles. The second-order valence-electron chi connectivity index (χ2n) is 4.54. The maximum Gasteiger partial charge on any atom is 0.304 e. The Hall–Kier alpha value is -1.52. The summed E-state index contributed by atoms with van der Waals surface area (Å²) in [6.45, 7) is 4.77. The molecule has 0 radical (unpaired) electrons. The molecular formula is C14H13Cl2NO3. The fourth-order valence-electron chi connectivity index (χ4n) is 2.02. The first-order valence-electron chi connectivity index (χ1n) is 5.96. The van der Waals surface area contributed by atoms with Crippen molar-refractivity contribution in [3.63, 3.8) is 0 Å². The molecule has 1 atom stereocenters. The summed E-state index contributed by atoms with van der Waals surface area (Å²) in [6.07, 6.45) is -0.739. The van der Waals surface area contributed by atoms with E-state index in [1.165, 1.54) is 11.8 Å². The average Bonchev–Trinajstić information content (AvgIpc) is 2.58. The molecule has 1 aromatic rings. The van der Waals surface area contributed by atoms with Crippen molar-refractivity contribution in [1.82, 2.24) is 0 Å². The van der Waals surface area contributed by atoms with Gasteiger partial charge in [0.25, 0.3) is 5.91 Å². The molecule has 0 saturated heterocycles. The Bertz CT molecular complexity index is 625. The SMILES string of the molecule is CC(=O)OC1C(C)=C(C)C(=O)N1c1ccc(Cl)c(Cl)c1. The quantitative estimate of drug-likeness (QED) is 0.784. The van der Waals surface area contributed by atoms with Gasteiger partial charge in [-0.2, -0.15) is 0 Å². The minimum absolute atomic E-state index is 0.216. The summed E-state index contributed by atoms with van der Waals surface area (Å²) in [6, 6.07) is 4.83. The molecule has 4 nitrogen and oxygen atoms in total. The average molecular weight is 314 g/mol. The number of benzene rings is 1. The van der Waals surface area contributed by atoms with Crippen LogP contribution in [0.15, 0.2) is 29.3 Å². The lowest BCUT2D eigenvalue weighted by molar-refractivity contribution is -0.144. The standard InChI is InChI=1S/C14H13Cl2NO3/c1-7-8(2)14(20-9(3)18)17(13(7)19)10-4-5-11(15)12(16)6-10/h4-6,14H,1-3H3. The molecule has 6 heteroatoms. The summed E-state index contributed by atoms with van der Waals surface area (Å²) < 4.78 is 5.23. The van der Waals surface area contributed by atoms with E-state index in [0.717, 1.165) is 0 Å². The van der Waals surface area contributed by atoms with Crippen molar-refractivity contribution in [3.05, 3.63) is 39.4 Å². The van der Waals surface area contributed by atoms with Crippen LogP contribution in [0.1, 0.15) is 20.8 Å². The molecule has 0 saturated carbocycles. The number of rotatable bonds is 2. The van der Waals surface area contributed by atoms with Crippen LogP contribution in [0.3, 0.4) is 0 Å². The van der Waals surface area contributed by atoms with Gasteiger partial charge in [-0.15, -0.1) is 0 Å². The zero-order valence-electron chi connectivity index (χ0n) is 11.2. The highest BCUT2D eigenvalue weighted by atomic mass is 35.5. The molecule has 1 heterocycles.